The molecule has 2 N–H and O–H groups in total. The summed E-state index contributed by atoms with van der Waals surface area (Å²) in [5.74, 6) is -9.16. The van der Waals surface area contributed by atoms with Gasteiger partial charge in [-0.3, -0.25) is 0 Å². The Balaban J connectivity index is 2.35. The van der Waals surface area contributed by atoms with Crippen molar-refractivity contribution in [2.75, 3.05) is 24.9 Å². The highest BCUT2D eigenvalue weighted by molar-refractivity contribution is 7.80. The van der Waals surface area contributed by atoms with Crippen molar-refractivity contribution in [2.24, 2.45) is 0 Å². The van der Waals surface area contributed by atoms with E-state index in [2.05, 4.69) is 5.32 Å². The first-order valence-corrected chi connectivity index (χ1v) is 7.65. The molecule has 2 aromatic carbocycles. The lowest BCUT2D eigenvalue weighted by Crippen LogP contribution is -2.23. The first-order chi connectivity index (χ1) is 13.0. The van der Waals surface area contributed by atoms with E-state index in [0.29, 0.717) is 5.75 Å². The number of halogens is 7. The molecule has 2 rings (SSSR count). The monoisotopic (exact) mass is 428 g/mol. The van der Waals surface area contributed by atoms with Gasteiger partial charge in [0, 0.05) is 6.07 Å². The van der Waals surface area contributed by atoms with Crippen molar-refractivity contribution in [3.8, 4) is 11.5 Å². The number of methoxy groups -OCH3 is 2. The highest BCUT2D eigenvalue weighted by Gasteiger charge is 2.42. The Hall–Kier alpha value is -2.76. The molecule has 0 heterocycles. The molecule has 0 saturated carbocycles. The molecule has 0 aromatic heterocycles. The van der Waals surface area contributed by atoms with E-state index in [1.54, 1.807) is 5.32 Å². The number of rotatable bonds is 4. The zero-order valence-electron chi connectivity index (χ0n) is 14.1. The molecule has 0 spiro atoms. The number of nitrogens with one attached hydrogen (secondary N) is 2. The topological polar surface area (TPSA) is 42.5 Å². The molecule has 0 unspecified atom stereocenters. The smallest absolute Gasteiger partial charge is 0.422 e. The lowest BCUT2D eigenvalue weighted by Gasteiger charge is -2.17. The molecule has 0 atom stereocenters. The Morgan fingerprint density at radius 2 is 1.46 bits per heavy atom. The van der Waals surface area contributed by atoms with Crippen LogP contribution < -0.4 is 20.1 Å². The average molecular weight is 428 g/mol. The van der Waals surface area contributed by atoms with Gasteiger partial charge < -0.3 is 20.1 Å². The van der Waals surface area contributed by atoms with Crippen LogP contribution in [0.3, 0.4) is 0 Å². The minimum Gasteiger partial charge on any atom is -0.497 e. The molecule has 0 radical (unpaired) electrons. The summed E-state index contributed by atoms with van der Waals surface area (Å²) in [7, 11) is 2.70. The van der Waals surface area contributed by atoms with Crippen molar-refractivity contribution in [2.45, 2.75) is 6.18 Å². The average Bonchev–Trinajstić information content (AvgIpc) is 2.63. The normalized spacial score (nSPS) is 11.2. The van der Waals surface area contributed by atoms with E-state index in [4.69, 9.17) is 21.7 Å². The van der Waals surface area contributed by atoms with Gasteiger partial charge in [-0.1, -0.05) is 0 Å². The third-order valence-electron chi connectivity index (χ3n) is 3.44. The number of anilines is 2. The summed E-state index contributed by atoms with van der Waals surface area (Å²) in [5, 5.41) is 3.67. The molecule has 0 bridgehead atoms. The zero-order valence-corrected chi connectivity index (χ0v) is 14.9. The van der Waals surface area contributed by atoms with Crippen LogP contribution in [-0.4, -0.2) is 19.3 Å². The maximum Gasteiger partial charge on any atom is 0.422 e. The van der Waals surface area contributed by atoms with E-state index >= 15 is 0 Å². The van der Waals surface area contributed by atoms with Crippen molar-refractivity contribution in [3.63, 3.8) is 0 Å². The first-order valence-electron chi connectivity index (χ1n) is 7.24. The lowest BCUT2D eigenvalue weighted by atomic mass is 10.1. The summed E-state index contributed by atoms with van der Waals surface area (Å²) in [4.78, 5) is 0. The van der Waals surface area contributed by atoms with Gasteiger partial charge in [-0.05, 0) is 24.4 Å². The molecule has 4 nitrogen and oxygen atoms in total. The molecule has 0 fully saturated rings. The predicted octanol–water partition coefficient (Wildman–Crippen LogP) is 5.09. The molecule has 2 aromatic rings. The van der Waals surface area contributed by atoms with Crippen molar-refractivity contribution in [3.05, 3.63) is 47.0 Å². The number of thiocarbonyl (C=S) groups is 1. The maximum atomic E-state index is 13.9. The van der Waals surface area contributed by atoms with Crippen molar-refractivity contribution in [1.29, 1.82) is 0 Å². The van der Waals surface area contributed by atoms with Crippen molar-refractivity contribution >= 4 is 28.7 Å². The number of hydrogen-bond donors (Lipinski definition) is 2. The van der Waals surface area contributed by atoms with E-state index in [9.17, 15) is 30.7 Å². The molecule has 0 amide bonds. The van der Waals surface area contributed by atoms with Gasteiger partial charge in [0.25, 0.3) is 0 Å². The van der Waals surface area contributed by atoms with Gasteiger partial charge in [0.15, 0.2) is 28.4 Å². The summed E-state index contributed by atoms with van der Waals surface area (Å²) in [6.45, 7) is 0. The predicted molar refractivity (Wildman–Crippen MR) is 90.7 cm³/mol. The fraction of sp³-hybridized carbons (Fsp3) is 0.188. The van der Waals surface area contributed by atoms with Gasteiger partial charge in [-0.25, -0.2) is 17.6 Å². The summed E-state index contributed by atoms with van der Waals surface area (Å²) < 4.78 is 103. The highest BCUT2D eigenvalue weighted by Crippen LogP contribution is 2.38. The number of alkyl halides is 3. The number of benzene rings is 2. The molecule has 28 heavy (non-hydrogen) atoms. The van der Waals surface area contributed by atoms with Crippen LogP contribution in [0.1, 0.15) is 5.56 Å². The van der Waals surface area contributed by atoms with Crippen LogP contribution in [0.2, 0.25) is 0 Å². The van der Waals surface area contributed by atoms with Crippen LogP contribution in [0.15, 0.2) is 18.2 Å². The van der Waals surface area contributed by atoms with Crippen molar-refractivity contribution < 1.29 is 40.2 Å². The third kappa shape index (κ3) is 4.21. The fourth-order valence-electron chi connectivity index (χ4n) is 2.16. The molecule has 152 valence electrons. The Morgan fingerprint density at radius 3 is 1.93 bits per heavy atom. The maximum absolute atomic E-state index is 13.9. The molecule has 12 heteroatoms. The van der Waals surface area contributed by atoms with Gasteiger partial charge in [0.05, 0.1) is 19.9 Å². The van der Waals surface area contributed by atoms with E-state index in [-0.39, 0.29) is 11.4 Å². The van der Waals surface area contributed by atoms with Gasteiger partial charge in [-0.15, -0.1) is 0 Å². The van der Waals surface area contributed by atoms with Gasteiger partial charge in [0.1, 0.15) is 22.7 Å². The van der Waals surface area contributed by atoms with Crippen LogP contribution in [0.4, 0.5) is 42.1 Å². The first kappa shape index (κ1) is 21.5. The third-order valence-corrected chi connectivity index (χ3v) is 3.65. The van der Waals surface area contributed by atoms with E-state index in [1.807, 2.05) is 0 Å². The molecule has 0 aliphatic carbocycles. The molecule has 0 aliphatic heterocycles. The van der Waals surface area contributed by atoms with Crippen LogP contribution in [0, 0.1) is 23.3 Å². The van der Waals surface area contributed by atoms with Crippen molar-refractivity contribution in [1.82, 2.24) is 0 Å². The zero-order chi connectivity index (χ0) is 21.2. The standard InChI is InChI=1S/C16H11F7N2O2S/c1-26-6-3-4-7(8(5-6)27-2)24-15(28)25-14-12(19)10(17)9(16(21,22)23)11(18)13(14)20/h3-5H,1-2H3,(H2,24,25,28). The quantitative estimate of drug-likeness (QED) is 0.404. The summed E-state index contributed by atoms with van der Waals surface area (Å²) in [5.41, 5.74) is -4.02. The number of ether oxygens (including phenoxy) is 2. The second-order valence-corrected chi connectivity index (χ2v) is 5.56. The Bertz CT molecular complexity index is 890. The molecule has 0 saturated heterocycles. The van der Waals surface area contributed by atoms with Crippen LogP contribution in [-0.2, 0) is 6.18 Å². The summed E-state index contributed by atoms with van der Waals surface area (Å²) in [6, 6.07) is 4.32. The minimum atomic E-state index is -5.64. The molecular formula is C16H11F7N2O2S. The number of hydrogen-bond acceptors (Lipinski definition) is 3. The SMILES string of the molecule is COc1ccc(NC(=S)Nc2c(F)c(F)c(C(F)(F)F)c(F)c2F)c(OC)c1. The minimum absolute atomic E-state index is 0.175. The molecule has 0 aliphatic rings. The highest BCUT2D eigenvalue weighted by atomic mass is 32.1. The van der Waals surface area contributed by atoms with E-state index in [0.717, 1.165) is 0 Å². The largest absolute Gasteiger partial charge is 0.497 e. The van der Waals surface area contributed by atoms with Crippen LogP contribution in [0.25, 0.3) is 0 Å². The molecular weight excluding hydrogens is 417 g/mol. The second-order valence-electron chi connectivity index (χ2n) is 5.15. The van der Waals surface area contributed by atoms with E-state index in [1.165, 1.54) is 32.4 Å². The summed E-state index contributed by atoms with van der Waals surface area (Å²) >= 11 is 4.79. The van der Waals surface area contributed by atoms with Gasteiger partial charge >= 0.3 is 6.18 Å². The Labute approximate surface area is 159 Å². The van der Waals surface area contributed by atoms with Crippen LogP contribution >= 0.6 is 12.2 Å². The lowest BCUT2D eigenvalue weighted by molar-refractivity contribution is -0.143. The van der Waals surface area contributed by atoms with Gasteiger partial charge in [0.2, 0.25) is 0 Å². The summed E-state index contributed by atoms with van der Waals surface area (Å²) in [6.07, 6.45) is -5.64. The Kier molecular flexibility index (Phi) is 6.22. The second kappa shape index (κ2) is 8.09. The van der Waals surface area contributed by atoms with Crippen LogP contribution in [0.5, 0.6) is 11.5 Å². The fourth-order valence-corrected chi connectivity index (χ4v) is 2.37. The Morgan fingerprint density at radius 1 is 0.893 bits per heavy atom. The van der Waals surface area contributed by atoms with E-state index < -0.39 is 45.8 Å². The van der Waals surface area contributed by atoms with Gasteiger partial charge in [-0.2, -0.15) is 13.2 Å².